The molecule has 7 nitrogen and oxygen atoms in total. The highest BCUT2D eigenvalue weighted by Gasteiger charge is 2.12. The number of nitrogens with zero attached hydrogens (tertiary/aromatic N) is 1. The maximum absolute atomic E-state index is 11.1. The third kappa shape index (κ3) is 3.72. The van der Waals surface area contributed by atoms with Gasteiger partial charge in [-0.1, -0.05) is 6.07 Å². The number of aliphatic hydroxyl groups is 1. The van der Waals surface area contributed by atoms with Crippen LogP contribution in [0.4, 0.5) is 16.2 Å². The molecule has 1 amide bonds. The van der Waals surface area contributed by atoms with Crippen LogP contribution in [0.5, 0.6) is 0 Å². The fraction of sp³-hybridized carbons (Fsp3) is 0.300. The molecule has 0 aliphatic heterocycles. The second-order valence-corrected chi connectivity index (χ2v) is 3.24. The van der Waals surface area contributed by atoms with Gasteiger partial charge in [-0.3, -0.25) is 15.4 Å². The van der Waals surface area contributed by atoms with Gasteiger partial charge in [0, 0.05) is 11.6 Å². The van der Waals surface area contributed by atoms with Crippen LogP contribution in [0, 0.1) is 17.0 Å². The van der Waals surface area contributed by atoms with Crippen molar-refractivity contribution in [3.05, 3.63) is 33.9 Å². The molecule has 0 saturated heterocycles. The molecular formula is C10H12N2O5. The third-order valence-electron chi connectivity index (χ3n) is 1.98. The van der Waals surface area contributed by atoms with Gasteiger partial charge < -0.3 is 9.84 Å². The van der Waals surface area contributed by atoms with Crippen molar-refractivity contribution in [3.8, 4) is 0 Å². The van der Waals surface area contributed by atoms with E-state index in [-0.39, 0.29) is 24.6 Å². The van der Waals surface area contributed by atoms with Crippen LogP contribution in [0.2, 0.25) is 0 Å². The molecule has 0 atom stereocenters. The average Bonchev–Trinajstić information content (AvgIpc) is 2.28. The van der Waals surface area contributed by atoms with Gasteiger partial charge in [-0.2, -0.15) is 0 Å². The summed E-state index contributed by atoms with van der Waals surface area (Å²) in [5.74, 6) is 0. The molecule has 0 aliphatic carbocycles. The van der Waals surface area contributed by atoms with E-state index < -0.39 is 11.0 Å². The van der Waals surface area contributed by atoms with Crippen molar-refractivity contribution >= 4 is 17.5 Å². The molecule has 0 radical (unpaired) electrons. The van der Waals surface area contributed by atoms with Crippen LogP contribution >= 0.6 is 0 Å². The Morgan fingerprint density at radius 1 is 1.59 bits per heavy atom. The number of nitro groups is 1. The van der Waals surface area contributed by atoms with Gasteiger partial charge in [0.25, 0.3) is 5.69 Å². The minimum atomic E-state index is -0.766. The molecular weight excluding hydrogens is 228 g/mol. The van der Waals surface area contributed by atoms with E-state index in [1.165, 1.54) is 18.2 Å². The van der Waals surface area contributed by atoms with Gasteiger partial charge in [0.05, 0.1) is 17.2 Å². The number of anilines is 1. The first-order valence-electron chi connectivity index (χ1n) is 4.84. The van der Waals surface area contributed by atoms with Crippen LogP contribution < -0.4 is 5.32 Å². The van der Waals surface area contributed by atoms with Crippen molar-refractivity contribution in [3.63, 3.8) is 0 Å². The molecule has 1 aromatic rings. The van der Waals surface area contributed by atoms with Crippen LogP contribution in [0.1, 0.15) is 5.56 Å². The summed E-state index contributed by atoms with van der Waals surface area (Å²) < 4.78 is 4.56. The van der Waals surface area contributed by atoms with Crippen molar-refractivity contribution in [1.82, 2.24) is 0 Å². The largest absolute Gasteiger partial charge is 0.447 e. The molecule has 7 heteroatoms. The van der Waals surface area contributed by atoms with E-state index in [1.807, 2.05) is 0 Å². The van der Waals surface area contributed by atoms with Gasteiger partial charge in [0.2, 0.25) is 0 Å². The summed E-state index contributed by atoms with van der Waals surface area (Å²) >= 11 is 0. The Hall–Kier alpha value is -2.15. The Bertz CT molecular complexity index is 433. The summed E-state index contributed by atoms with van der Waals surface area (Å²) in [6, 6.07) is 4.30. The van der Waals surface area contributed by atoms with E-state index >= 15 is 0 Å². The zero-order chi connectivity index (χ0) is 12.8. The number of nitrogens with one attached hydrogen (secondary N) is 1. The number of aliphatic hydroxyl groups excluding tert-OH is 1. The topological polar surface area (TPSA) is 102 Å². The van der Waals surface area contributed by atoms with Gasteiger partial charge >= 0.3 is 6.09 Å². The molecule has 0 unspecified atom stereocenters. The Labute approximate surface area is 97.2 Å². The fourth-order valence-electron chi connectivity index (χ4n) is 1.18. The molecule has 2 N–H and O–H groups in total. The molecule has 0 aromatic heterocycles. The first kappa shape index (κ1) is 12.9. The van der Waals surface area contributed by atoms with Crippen LogP contribution in [0.15, 0.2) is 18.2 Å². The standard InChI is InChI=1S/C10H12N2O5/c1-7-2-3-8(6-9(7)12(15)16)11-10(14)17-5-4-13/h2-3,6,13H,4-5H2,1H3,(H,11,14). The number of ether oxygens (including phenoxy) is 1. The van der Waals surface area contributed by atoms with Crippen molar-refractivity contribution in [2.75, 3.05) is 18.5 Å². The molecule has 92 valence electrons. The number of benzene rings is 1. The summed E-state index contributed by atoms with van der Waals surface area (Å²) in [6.07, 6.45) is -0.766. The number of hydrogen-bond acceptors (Lipinski definition) is 5. The van der Waals surface area contributed by atoms with Gasteiger partial charge in [0.15, 0.2) is 0 Å². The molecule has 1 rings (SSSR count). The second-order valence-electron chi connectivity index (χ2n) is 3.24. The van der Waals surface area contributed by atoms with E-state index in [0.717, 1.165) is 0 Å². The molecule has 0 saturated carbocycles. The number of amides is 1. The summed E-state index contributed by atoms with van der Waals surface area (Å²) in [6.45, 7) is 1.20. The third-order valence-corrected chi connectivity index (χ3v) is 1.98. The first-order chi connectivity index (χ1) is 8.04. The van der Waals surface area contributed by atoms with E-state index in [9.17, 15) is 14.9 Å². The quantitative estimate of drug-likeness (QED) is 0.612. The van der Waals surface area contributed by atoms with Gasteiger partial charge in [0.1, 0.15) is 6.61 Å². The molecule has 0 fully saturated rings. The van der Waals surface area contributed by atoms with Crippen LogP contribution in [-0.2, 0) is 4.74 Å². The second kappa shape index (κ2) is 5.80. The Morgan fingerprint density at radius 3 is 2.88 bits per heavy atom. The number of nitro benzene ring substituents is 1. The Balaban J connectivity index is 2.75. The monoisotopic (exact) mass is 240 g/mol. The Kier molecular flexibility index (Phi) is 4.41. The summed E-state index contributed by atoms with van der Waals surface area (Å²) in [5.41, 5.74) is 0.694. The molecule has 17 heavy (non-hydrogen) atoms. The maximum Gasteiger partial charge on any atom is 0.411 e. The highest BCUT2D eigenvalue weighted by Crippen LogP contribution is 2.22. The van der Waals surface area contributed by atoms with Crippen molar-refractivity contribution in [2.24, 2.45) is 0 Å². The highest BCUT2D eigenvalue weighted by molar-refractivity contribution is 5.85. The molecule has 1 aromatic carbocycles. The molecule has 0 spiro atoms. The predicted molar refractivity (Wildman–Crippen MR) is 59.9 cm³/mol. The molecule has 0 heterocycles. The number of rotatable bonds is 4. The average molecular weight is 240 g/mol. The van der Waals surface area contributed by atoms with E-state index in [4.69, 9.17) is 5.11 Å². The molecule has 0 aliphatic rings. The lowest BCUT2D eigenvalue weighted by molar-refractivity contribution is -0.385. The zero-order valence-electron chi connectivity index (χ0n) is 9.17. The Morgan fingerprint density at radius 2 is 2.29 bits per heavy atom. The van der Waals surface area contributed by atoms with Crippen molar-refractivity contribution in [2.45, 2.75) is 6.92 Å². The lowest BCUT2D eigenvalue weighted by Gasteiger charge is -2.06. The van der Waals surface area contributed by atoms with Crippen molar-refractivity contribution < 1.29 is 19.6 Å². The number of hydrogen-bond donors (Lipinski definition) is 2. The zero-order valence-corrected chi connectivity index (χ0v) is 9.17. The highest BCUT2D eigenvalue weighted by atomic mass is 16.6. The fourth-order valence-corrected chi connectivity index (χ4v) is 1.18. The predicted octanol–water partition coefficient (Wildman–Crippen LogP) is 1.44. The van der Waals surface area contributed by atoms with E-state index in [0.29, 0.717) is 5.56 Å². The lowest BCUT2D eigenvalue weighted by Crippen LogP contribution is -2.15. The lowest BCUT2D eigenvalue weighted by atomic mass is 10.2. The molecule has 0 bridgehead atoms. The van der Waals surface area contributed by atoms with Crippen LogP contribution in [0.3, 0.4) is 0 Å². The summed E-state index contributed by atoms with van der Waals surface area (Å²) in [5, 5.41) is 21.4. The van der Waals surface area contributed by atoms with Crippen LogP contribution in [-0.4, -0.2) is 29.3 Å². The number of carbonyl (C=O) groups is 1. The van der Waals surface area contributed by atoms with E-state index in [1.54, 1.807) is 6.92 Å². The van der Waals surface area contributed by atoms with Crippen molar-refractivity contribution in [1.29, 1.82) is 0 Å². The minimum absolute atomic E-state index is 0.0787. The summed E-state index contributed by atoms with van der Waals surface area (Å²) in [4.78, 5) is 21.3. The minimum Gasteiger partial charge on any atom is -0.447 e. The van der Waals surface area contributed by atoms with E-state index in [2.05, 4.69) is 10.1 Å². The smallest absolute Gasteiger partial charge is 0.411 e. The normalized spacial score (nSPS) is 9.76. The summed E-state index contributed by atoms with van der Waals surface area (Å²) in [7, 11) is 0. The van der Waals surface area contributed by atoms with Gasteiger partial charge in [-0.05, 0) is 13.0 Å². The SMILES string of the molecule is Cc1ccc(NC(=O)OCCO)cc1[N+](=O)[O-]. The van der Waals surface area contributed by atoms with Gasteiger partial charge in [-0.15, -0.1) is 0 Å². The first-order valence-corrected chi connectivity index (χ1v) is 4.84. The maximum atomic E-state index is 11.1. The van der Waals surface area contributed by atoms with Gasteiger partial charge in [-0.25, -0.2) is 4.79 Å². The van der Waals surface area contributed by atoms with Crippen LogP contribution in [0.25, 0.3) is 0 Å². The number of carbonyl (C=O) groups excluding carboxylic acids is 1. The number of aryl methyl sites for hydroxylation is 1.